The van der Waals surface area contributed by atoms with Crippen LogP contribution in [0.15, 0.2) is 0 Å². The van der Waals surface area contributed by atoms with Crippen LogP contribution in [0, 0.1) is 11.8 Å². The molecule has 2 rings (SSSR count). The summed E-state index contributed by atoms with van der Waals surface area (Å²) in [5, 5.41) is 2.41. The third-order valence-corrected chi connectivity index (χ3v) is 4.34. The van der Waals surface area contributed by atoms with Crippen molar-refractivity contribution in [3.63, 3.8) is 0 Å². The first-order valence-corrected chi connectivity index (χ1v) is 7.39. The molecule has 0 radical (unpaired) electrons. The van der Waals surface area contributed by atoms with Gasteiger partial charge in [0.15, 0.2) is 0 Å². The molecule has 2 aliphatic rings. The van der Waals surface area contributed by atoms with Crippen LogP contribution < -0.4 is 5.32 Å². The van der Waals surface area contributed by atoms with E-state index in [-0.39, 0.29) is 24.2 Å². The van der Waals surface area contributed by atoms with Gasteiger partial charge >= 0.3 is 6.03 Å². The van der Waals surface area contributed by atoms with Crippen molar-refractivity contribution in [1.29, 1.82) is 0 Å². The fourth-order valence-corrected chi connectivity index (χ4v) is 3.30. The van der Waals surface area contributed by atoms with Gasteiger partial charge in [-0.05, 0) is 24.7 Å². The SMILES string of the molecule is O=C(CCCl)NC(=O)N1CCC2CCCCC2C1. The second-order valence-corrected chi connectivity index (χ2v) is 5.71. The van der Waals surface area contributed by atoms with Gasteiger partial charge < -0.3 is 4.90 Å². The smallest absolute Gasteiger partial charge is 0.324 e. The molecule has 1 N–H and O–H groups in total. The lowest BCUT2D eigenvalue weighted by Crippen LogP contribution is -2.50. The van der Waals surface area contributed by atoms with Gasteiger partial charge in [-0.15, -0.1) is 11.6 Å². The van der Waals surface area contributed by atoms with Gasteiger partial charge in [0.05, 0.1) is 0 Å². The molecule has 0 spiro atoms. The first kappa shape index (κ1) is 13.7. The Morgan fingerprint density at radius 1 is 1.17 bits per heavy atom. The minimum absolute atomic E-state index is 0.202. The average molecular weight is 273 g/mol. The number of carbonyl (C=O) groups excluding carboxylic acids is 2. The second-order valence-electron chi connectivity index (χ2n) is 5.33. The number of nitrogens with zero attached hydrogens (tertiary/aromatic N) is 1. The number of carbonyl (C=O) groups is 2. The maximum Gasteiger partial charge on any atom is 0.324 e. The largest absolute Gasteiger partial charge is 0.324 e. The van der Waals surface area contributed by atoms with E-state index in [0.29, 0.717) is 5.92 Å². The summed E-state index contributed by atoms with van der Waals surface area (Å²) in [6.45, 7) is 1.59. The van der Waals surface area contributed by atoms with Crippen molar-refractivity contribution < 1.29 is 9.59 Å². The summed E-state index contributed by atoms with van der Waals surface area (Å²) in [6, 6.07) is -0.242. The third-order valence-electron chi connectivity index (χ3n) is 4.15. The Morgan fingerprint density at radius 3 is 2.61 bits per heavy atom. The third kappa shape index (κ3) is 3.37. The van der Waals surface area contributed by atoms with Crippen LogP contribution in [0.1, 0.15) is 38.5 Å². The highest BCUT2D eigenvalue weighted by molar-refractivity contribution is 6.19. The van der Waals surface area contributed by atoms with Crippen LogP contribution in [0.4, 0.5) is 4.79 Å². The number of amides is 3. The van der Waals surface area contributed by atoms with Gasteiger partial charge in [0, 0.05) is 25.4 Å². The fourth-order valence-electron chi connectivity index (χ4n) is 3.13. The molecule has 102 valence electrons. The lowest BCUT2D eigenvalue weighted by molar-refractivity contribution is -0.119. The summed E-state index contributed by atoms with van der Waals surface area (Å²) in [6.07, 6.45) is 6.44. The minimum Gasteiger partial charge on any atom is -0.324 e. The van der Waals surface area contributed by atoms with Crippen molar-refractivity contribution in [3.05, 3.63) is 0 Å². The van der Waals surface area contributed by atoms with Crippen molar-refractivity contribution >= 4 is 23.5 Å². The lowest BCUT2D eigenvalue weighted by Gasteiger charge is -2.41. The first-order chi connectivity index (χ1) is 8.70. The summed E-state index contributed by atoms with van der Waals surface area (Å²) in [5.74, 6) is 1.41. The van der Waals surface area contributed by atoms with E-state index in [1.54, 1.807) is 4.90 Å². The number of likely N-dealkylation sites (tertiary alicyclic amines) is 1. The van der Waals surface area contributed by atoms with E-state index in [2.05, 4.69) is 5.32 Å². The Labute approximate surface area is 113 Å². The van der Waals surface area contributed by atoms with E-state index >= 15 is 0 Å². The number of fused-ring (bicyclic) bond motifs is 1. The fraction of sp³-hybridized carbons (Fsp3) is 0.846. The van der Waals surface area contributed by atoms with Gasteiger partial charge in [-0.25, -0.2) is 4.79 Å². The van der Waals surface area contributed by atoms with Crippen molar-refractivity contribution in [2.24, 2.45) is 11.8 Å². The van der Waals surface area contributed by atoms with Gasteiger partial charge in [0.1, 0.15) is 0 Å². The number of urea groups is 1. The number of rotatable bonds is 2. The summed E-state index contributed by atoms with van der Waals surface area (Å²) >= 11 is 5.47. The van der Waals surface area contributed by atoms with Crippen LogP contribution in [0.25, 0.3) is 0 Å². The van der Waals surface area contributed by atoms with E-state index in [9.17, 15) is 9.59 Å². The molecule has 2 unspecified atom stereocenters. The molecule has 3 amide bonds. The molecule has 0 aromatic rings. The molecule has 18 heavy (non-hydrogen) atoms. The number of alkyl halides is 1. The van der Waals surface area contributed by atoms with Gasteiger partial charge in [0.25, 0.3) is 0 Å². The normalized spacial score (nSPS) is 27.5. The second kappa shape index (κ2) is 6.41. The molecule has 0 bridgehead atoms. The zero-order valence-corrected chi connectivity index (χ0v) is 11.4. The molecular weight excluding hydrogens is 252 g/mol. The highest BCUT2D eigenvalue weighted by Gasteiger charge is 2.33. The van der Waals surface area contributed by atoms with Gasteiger partial charge in [-0.3, -0.25) is 10.1 Å². The van der Waals surface area contributed by atoms with Crippen molar-refractivity contribution in [2.75, 3.05) is 19.0 Å². The Bertz CT molecular complexity index is 322. The predicted molar refractivity (Wildman–Crippen MR) is 70.5 cm³/mol. The van der Waals surface area contributed by atoms with Crippen LogP contribution in [0.2, 0.25) is 0 Å². The summed E-state index contributed by atoms with van der Waals surface area (Å²) < 4.78 is 0. The van der Waals surface area contributed by atoms with Gasteiger partial charge in [0.2, 0.25) is 5.91 Å². The number of halogens is 1. The van der Waals surface area contributed by atoms with Gasteiger partial charge in [-0.1, -0.05) is 19.3 Å². The molecule has 1 aliphatic carbocycles. The van der Waals surface area contributed by atoms with Crippen molar-refractivity contribution in [3.8, 4) is 0 Å². The zero-order valence-electron chi connectivity index (χ0n) is 10.7. The Hall–Kier alpha value is -0.770. The maximum absolute atomic E-state index is 11.9. The van der Waals surface area contributed by atoms with Crippen LogP contribution in [0.5, 0.6) is 0 Å². The minimum atomic E-state index is -0.277. The van der Waals surface area contributed by atoms with E-state index in [1.807, 2.05) is 0 Å². The van der Waals surface area contributed by atoms with E-state index in [1.165, 1.54) is 25.7 Å². The van der Waals surface area contributed by atoms with E-state index in [0.717, 1.165) is 25.4 Å². The molecule has 5 heteroatoms. The molecule has 2 atom stereocenters. The lowest BCUT2D eigenvalue weighted by atomic mass is 9.75. The summed E-state index contributed by atoms with van der Waals surface area (Å²) in [7, 11) is 0. The van der Waals surface area contributed by atoms with Crippen molar-refractivity contribution in [1.82, 2.24) is 10.2 Å². The van der Waals surface area contributed by atoms with Crippen LogP contribution in [0.3, 0.4) is 0 Å². The Balaban J connectivity index is 1.82. The standard InChI is InChI=1S/C13H21ClN2O2/c14-7-5-12(17)15-13(18)16-8-6-10-3-1-2-4-11(10)9-16/h10-11H,1-9H2,(H,15,17,18). The maximum atomic E-state index is 11.9. The molecule has 1 aliphatic heterocycles. The zero-order chi connectivity index (χ0) is 13.0. The number of hydrogen-bond donors (Lipinski definition) is 1. The Morgan fingerprint density at radius 2 is 1.89 bits per heavy atom. The topological polar surface area (TPSA) is 49.4 Å². The Kier molecular flexibility index (Phi) is 4.87. The molecule has 0 aromatic carbocycles. The highest BCUT2D eigenvalue weighted by atomic mass is 35.5. The molecule has 1 saturated heterocycles. The van der Waals surface area contributed by atoms with Gasteiger partial charge in [-0.2, -0.15) is 0 Å². The highest BCUT2D eigenvalue weighted by Crippen LogP contribution is 2.35. The molecular formula is C13H21ClN2O2. The average Bonchev–Trinajstić information content (AvgIpc) is 2.38. The number of piperidine rings is 1. The molecule has 4 nitrogen and oxygen atoms in total. The first-order valence-electron chi connectivity index (χ1n) is 6.85. The number of nitrogens with one attached hydrogen (secondary N) is 1. The van der Waals surface area contributed by atoms with Crippen molar-refractivity contribution in [2.45, 2.75) is 38.5 Å². The summed E-state index contributed by atoms with van der Waals surface area (Å²) in [4.78, 5) is 25.0. The van der Waals surface area contributed by atoms with Crippen LogP contribution >= 0.6 is 11.6 Å². The molecule has 0 aromatic heterocycles. The number of hydrogen-bond acceptors (Lipinski definition) is 2. The van der Waals surface area contributed by atoms with Crippen LogP contribution in [-0.2, 0) is 4.79 Å². The molecule has 2 fully saturated rings. The monoisotopic (exact) mass is 272 g/mol. The predicted octanol–water partition coefficient (Wildman–Crippen LogP) is 2.36. The van der Waals surface area contributed by atoms with E-state index < -0.39 is 0 Å². The van der Waals surface area contributed by atoms with Crippen LogP contribution in [-0.4, -0.2) is 35.8 Å². The van der Waals surface area contributed by atoms with E-state index in [4.69, 9.17) is 11.6 Å². The number of imide groups is 1. The summed E-state index contributed by atoms with van der Waals surface area (Å²) in [5.41, 5.74) is 0. The molecule has 1 heterocycles. The molecule has 1 saturated carbocycles. The quantitative estimate of drug-likeness (QED) is 0.785.